The molecule has 1 fully saturated rings. The third-order valence-electron chi connectivity index (χ3n) is 2.74. The van der Waals surface area contributed by atoms with E-state index < -0.39 is 24.7 Å². The summed E-state index contributed by atoms with van der Waals surface area (Å²) in [5.41, 5.74) is 5.59. The van der Waals surface area contributed by atoms with Crippen LogP contribution in [-0.4, -0.2) is 17.8 Å². The first kappa shape index (κ1) is 16.6. The molecule has 2 rings (SSSR count). The normalized spacial score (nSPS) is 20.6. The standard InChI is InChI=1S/C11H11F3N2S.CH2F2/c12-8-2-1-6(15)5-7(8)10-11(13,14)4-3-9(17)16-10;2-1-3/h1-2,5,10H,3-4,15H2,(H,16,17);1H2. The van der Waals surface area contributed by atoms with Gasteiger partial charge in [0.05, 0.1) is 4.99 Å². The van der Waals surface area contributed by atoms with Gasteiger partial charge in [-0.15, -0.1) is 0 Å². The molecule has 0 aliphatic carbocycles. The maximum absolute atomic E-state index is 13.7. The number of nitrogens with two attached hydrogens (primary N) is 1. The average Bonchev–Trinajstić information content (AvgIpc) is 2.37. The van der Waals surface area contributed by atoms with Crippen molar-refractivity contribution in [3.05, 3.63) is 29.6 Å². The lowest BCUT2D eigenvalue weighted by Gasteiger charge is -2.33. The van der Waals surface area contributed by atoms with Gasteiger partial charge in [0.2, 0.25) is 6.93 Å². The van der Waals surface area contributed by atoms with Crippen molar-refractivity contribution in [1.82, 2.24) is 5.32 Å². The molecule has 1 aliphatic heterocycles. The second kappa shape index (κ2) is 6.83. The Hall–Kier alpha value is -1.44. The molecule has 1 aliphatic rings. The summed E-state index contributed by atoms with van der Waals surface area (Å²) in [7, 11) is 0. The van der Waals surface area contributed by atoms with E-state index in [1.54, 1.807) is 0 Å². The summed E-state index contributed by atoms with van der Waals surface area (Å²) in [6.45, 7) is -1.75. The molecule has 1 aromatic carbocycles. The number of benzene rings is 1. The molecule has 0 saturated carbocycles. The number of alkyl halides is 4. The fraction of sp³-hybridized carbons (Fsp3) is 0.417. The molecule has 1 heterocycles. The first-order valence-corrected chi connectivity index (χ1v) is 6.06. The maximum Gasteiger partial charge on any atom is 0.272 e. The van der Waals surface area contributed by atoms with E-state index in [1.807, 2.05) is 0 Å². The summed E-state index contributed by atoms with van der Waals surface area (Å²) in [5.74, 6) is -3.74. The third-order valence-corrected chi connectivity index (χ3v) is 3.07. The highest BCUT2D eigenvalue weighted by molar-refractivity contribution is 7.80. The van der Waals surface area contributed by atoms with E-state index in [0.717, 1.165) is 6.07 Å². The van der Waals surface area contributed by atoms with Gasteiger partial charge in [-0.1, -0.05) is 12.2 Å². The molecule has 1 unspecified atom stereocenters. The maximum atomic E-state index is 13.7. The molecular weight excluding hydrogens is 299 g/mol. The van der Waals surface area contributed by atoms with Crippen molar-refractivity contribution < 1.29 is 22.0 Å². The van der Waals surface area contributed by atoms with Gasteiger partial charge in [-0.25, -0.2) is 22.0 Å². The zero-order valence-electron chi connectivity index (χ0n) is 10.3. The average molecular weight is 312 g/mol. The third kappa shape index (κ3) is 4.03. The number of rotatable bonds is 1. The number of piperidine rings is 1. The van der Waals surface area contributed by atoms with Crippen molar-refractivity contribution in [2.75, 3.05) is 12.7 Å². The molecule has 1 aromatic rings. The number of thiocarbonyl (C=S) groups is 1. The molecule has 0 amide bonds. The summed E-state index contributed by atoms with van der Waals surface area (Å²) in [5, 5.41) is 2.48. The SMILES string of the molecule is FCF.Nc1ccc(F)c(C2NC(=S)CCC2(F)F)c1. The summed E-state index contributed by atoms with van der Waals surface area (Å²) < 4.78 is 60.2. The Morgan fingerprint density at radius 1 is 1.35 bits per heavy atom. The lowest BCUT2D eigenvalue weighted by Crippen LogP contribution is -2.45. The molecular formula is C12H13F5N2S. The largest absolute Gasteiger partial charge is 0.399 e. The van der Waals surface area contributed by atoms with E-state index >= 15 is 0 Å². The second-order valence-electron chi connectivity index (χ2n) is 4.14. The van der Waals surface area contributed by atoms with Gasteiger partial charge >= 0.3 is 0 Å². The number of halogens is 5. The van der Waals surface area contributed by atoms with Gasteiger partial charge in [0.15, 0.2) is 0 Å². The van der Waals surface area contributed by atoms with Crippen molar-refractivity contribution in [2.24, 2.45) is 0 Å². The Morgan fingerprint density at radius 3 is 2.55 bits per heavy atom. The fourth-order valence-corrected chi connectivity index (χ4v) is 2.07. The molecule has 3 N–H and O–H groups in total. The second-order valence-corrected chi connectivity index (χ2v) is 4.64. The highest BCUT2D eigenvalue weighted by atomic mass is 32.1. The lowest BCUT2D eigenvalue weighted by molar-refractivity contribution is -0.0465. The van der Waals surface area contributed by atoms with Crippen LogP contribution in [0.1, 0.15) is 24.4 Å². The highest BCUT2D eigenvalue weighted by Crippen LogP contribution is 2.39. The molecule has 0 aromatic heterocycles. The molecule has 1 saturated heterocycles. The molecule has 20 heavy (non-hydrogen) atoms. The van der Waals surface area contributed by atoms with Gasteiger partial charge in [0.25, 0.3) is 5.92 Å². The minimum Gasteiger partial charge on any atom is -0.399 e. The van der Waals surface area contributed by atoms with Crippen LogP contribution in [0.4, 0.5) is 27.6 Å². The van der Waals surface area contributed by atoms with Crippen LogP contribution in [0.2, 0.25) is 0 Å². The van der Waals surface area contributed by atoms with Crippen LogP contribution < -0.4 is 11.1 Å². The fourth-order valence-electron chi connectivity index (χ4n) is 1.85. The Bertz CT molecular complexity index is 481. The number of hydrogen-bond donors (Lipinski definition) is 2. The minimum atomic E-state index is -3.03. The molecule has 112 valence electrons. The van der Waals surface area contributed by atoms with Gasteiger partial charge in [0.1, 0.15) is 11.9 Å². The van der Waals surface area contributed by atoms with Crippen molar-refractivity contribution in [1.29, 1.82) is 0 Å². The predicted molar refractivity (Wildman–Crippen MR) is 70.6 cm³/mol. The minimum absolute atomic E-state index is 0.114. The Labute approximate surface area is 118 Å². The molecule has 0 bridgehead atoms. The summed E-state index contributed by atoms with van der Waals surface area (Å²) in [6, 6.07) is 2.19. The van der Waals surface area contributed by atoms with E-state index in [-0.39, 0.29) is 24.1 Å². The van der Waals surface area contributed by atoms with Gasteiger partial charge in [-0.05, 0) is 18.2 Å². The molecule has 8 heteroatoms. The van der Waals surface area contributed by atoms with E-state index in [1.165, 1.54) is 12.1 Å². The number of hydrogen-bond acceptors (Lipinski definition) is 2. The Kier molecular flexibility index (Phi) is 5.67. The van der Waals surface area contributed by atoms with Crippen molar-refractivity contribution in [3.8, 4) is 0 Å². The van der Waals surface area contributed by atoms with E-state index in [9.17, 15) is 22.0 Å². The Morgan fingerprint density at radius 2 is 1.95 bits per heavy atom. The monoisotopic (exact) mass is 312 g/mol. The first-order valence-electron chi connectivity index (χ1n) is 5.66. The van der Waals surface area contributed by atoms with Gasteiger partial charge in [0, 0.05) is 24.1 Å². The van der Waals surface area contributed by atoms with Gasteiger partial charge in [-0.2, -0.15) is 0 Å². The molecule has 2 nitrogen and oxygen atoms in total. The summed E-state index contributed by atoms with van der Waals surface area (Å²) in [4.78, 5) is 0.322. The number of anilines is 1. The van der Waals surface area contributed by atoms with Crippen LogP contribution in [-0.2, 0) is 0 Å². The van der Waals surface area contributed by atoms with Crippen LogP contribution in [0.5, 0.6) is 0 Å². The zero-order chi connectivity index (χ0) is 15.3. The highest BCUT2D eigenvalue weighted by Gasteiger charge is 2.45. The van der Waals surface area contributed by atoms with Crippen LogP contribution >= 0.6 is 12.2 Å². The van der Waals surface area contributed by atoms with E-state index in [4.69, 9.17) is 18.0 Å². The van der Waals surface area contributed by atoms with Crippen molar-refractivity contribution in [3.63, 3.8) is 0 Å². The zero-order valence-corrected chi connectivity index (χ0v) is 11.1. The number of nitrogens with one attached hydrogen (secondary N) is 1. The molecule has 0 radical (unpaired) electrons. The smallest absolute Gasteiger partial charge is 0.272 e. The number of nitrogen functional groups attached to an aromatic ring is 1. The van der Waals surface area contributed by atoms with Crippen LogP contribution in [0.25, 0.3) is 0 Å². The van der Waals surface area contributed by atoms with Crippen molar-refractivity contribution in [2.45, 2.75) is 24.8 Å². The van der Waals surface area contributed by atoms with Gasteiger partial charge < -0.3 is 11.1 Å². The van der Waals surface area contributed by atoms with Gasteiger partial charge in [-0.3, -0.25) is 0 Å². The predicted octanol–water partition coefficient (Wildman–Crippen LogP) is 3.68. The van der Waals surface area contributed by atoms with Crippen molar-refractivity contribution >= 4 is 22.9 Å². The summed E-state index contributed by atoms with van der Waals surface area (Å²) >= 11 is 4.86. The van der Waals surface area contributed by atoms with Crippen LogP contribution in [0, 0.1) is 5.82 Å². The topological polar surface area (TPSA) is 38.0 Å². The Balaban J connectivity index is 0.000000612. The molecule has 1 atom stereocenters. The van der Waals surface area contributed by atoms with E-state index in [0.29, 0.717) is 4.99 Å². The lowest BCUT2D eigenvalue weighted by atomic mass is 9.93. The first-order chi connectivity index (χ1) is 9.31. The molecule has 0 spiro atoms. The van der Waals surface area contributed by atoms with Crippen LogP contribution in [0.3, 0.4) is 0 Å². The van der Waals surface area contributed by atoms with E-state index in [2.05, 4.69) is 5.32 Å². The summed E-state index contributed by atoms with van der Waals surface area (Å²) in [6.07, 6.45) is -0.263. The quantitative estimate of drug-likeness (QED) is 0.472. The van der Waals surface area contributed by atoms with Crippen LogP contribution in [0.15, 0.2) is 18.2 Å².